The number of rotatable bonds is 1. The summed E-state index contributed by atoms with van der Waals surface area (Å²) >= 11 is 0. The van der Waals surface area contributed by atoms with Gasteiger partial charge in [0, 0.05) is 5.92 Å². The molecule has 0 atom stereocenters. The van der Waals surface area contributed by atoms with Crippen molar-refractivity contribution in [2.45, 2.75) is 51.0 Å². The van der Waals surface area contributed by atoms with Crippen LogP contribution in [0.4, 0.5) is 0 Å². The maximum atomic E-state index is 9.42. The summed E-state index contributed by atoms with van der Waals surface area (Å²) in [5.41, 5.74) is 0. The van der Waals surface area contributed by atoms with E-state index in [-0.39, 0.29) is 6.10 Å². The Hall–Kier alpha value is -0.500. The first kappa shape index (κ1) is 10.0. The summed E-state index contributed by atoms with van der Waals surface area (Å²) in [6, 6.07) is 0. The first-order valence-corrected chi connectivity index (χ1v) is 5.87. The third-order valence-corrected chi connectivity index (χ3v) is 3.31. The molecule has 0 amide bonds. The Kier molecular flexibility index (Phi) is 3.46. The zero-order valence-electron chi connectivity index (χ0n) is 8.74. The molecule has 80 valence electrons. The highest BCUT2D eigenvalue weighted by molar-refractivity contribution is 5.01. The predicted octanol–water partition coefficient (Wildman–Crippen LogP) is 2.62. The summed E-state index contributed by atoms with van der Waals surface area (Å²) in [5.74, 6) is 1.81. The van der Waals surface area contributed by atoms with E-state index in [4.69, 9.17) is 4.74 Å². The SMILES string of the molecule is OC1CCC(C2=CCCCCO2)CC1. The molecule has 0 bridgehead atoms. The van der Waals surface area contributed by atoms with Crippen LogP contribution in [0.1, 0.15) is 44.9 Å². The summed E-state index contributed by atoms with van der Waals surface area (Å²) < 4.78 is 5.76. The van der Waals surface area contributed by atoms with Crippen LogP contribution in [-0.2, 0) is 4.74 Å². The quantitative estimate of drug-likeness (QED) is 0.698. The van der Waals surface area contributed by atoms with Gasteiger partial charge in [0.1, 0.15) is 0 Å². The average Bonchev–Trinajstić information content (AvgIpc) is 2.47. The second-order valence-electron chi connectivity index (χ2n) is 4.46. The third-order valence-electron chi connectivity index (χ3n) is 3.31. The van der Waals surface area contributed by atoms with E-state index in [9.17, 15) is 5.11 Å². The van der Waals surface area contributed by atoms with E-state index in [1.165, 1.54) is 25.0 Å². The lowest BCUT2D eigenvalue weighted by molar-refractivity contribution is 0.0917. The smallest absolute Gasteiger partial charge is 0.0950 e. The molecule has 1 aliphatic heterocycles. The van der Waals surface area contributed by atoms with E-state index in [1.807, 2.05) is 0 Å². The van der Waals surface area contributed by atoms with Gasteiger partial charge in [-0.05, 0) is 51.0 Å². The van der Waals surface area contributed by atoms with Gasteiger partial charge >= 0.3 is 0 Å². The van der Waals surface area contributed by atoms with Gasteiger partial charge in [-0.25, -0.2) is 0 Å². The molecule has 0 aromatic carbocycles. The number of hydrogen-bond donors (Lipinski definition) is 1. The van der Waals surface area contributed by atoms with Crippen LogP contribution in [0.15, 0.2) is 11.8 Å². The second kappa shape index (κ2) is 4.83. The molecule has 0 aromatic heterocycles. The van der Waals surface area contributed by atoms with E-state index in [1.54, 1.807) is 0 Å². The van der Waals surface area contributed by atoms with Crippen molar-refractivity contribution in [2.24, 2.45) is 5.92 Å². The molecule has 0 unspecified atom stereocenters. The Morgan fingerprint density at radius 1 is 1.14 bits per heavy atom. The lowest BCUT2D eigenvalue weighted by Crippen LogP contribution is -2.20. The van der Waals surface area contributed by atoms with Gasteiger partial charge in [0.25, 0.3) is 0 Å². The Balaban J connectivity index is 1.90. The molecule has 2 heteroatoms. The van der Waals surface area contributed by atoms with E-state index in [0.29, 0.717) is 5.92 Å². The fraction of sp³-hybridized carbons (Fsp3) is 0.833. The summed E-state index contributed by atoms with van der Waals surface area (Å²) in [6.45, 7) is 0.894. The summed E-state index contributed by atoms with van der Waals surface area (Å²) in [7, 11) is 0. The van der Waals surface area contributed by atoms with Crippen molar-refractivity contribution in [2.75, 3.05) is 6.61 Å². The molecule has 1 aliphatic carbocycles. The molecule has 2 nitrogen and oxygen atoms in total. The average molecular weight is 196 g/mol. The predicted molar refractivity (Wildman–Crippen MR) is 55.9 cm³/mol. The first-order chi connectivity index (χ1) is 6.86. The Morgan fingerprint density at radius 3 is 2.71 bits per heavy atom. The van der Waals surface area contributed by atoms with Gasteiger partial charge < -0.3 is 9.84 Å². The third kappa shape index (κ3) is 2.50. The van der Waals surface area contributed by atoms with E-state index in [0.717, 1.165) is 32.3 Å². The summed E-state index contributed by atoms with van der Waals surface area (Å²) in [4.78, 5) is 0. The largest absolute Gasteiger partial charge is 0.498 e. The fourth-order valence-electron chi connectivity index (χ4n) is 2.38. The maximum Gasteiger partial charge on any atom is 0.0950 e. The van der Waals surface area contributed by atoms with Gasteiger partial charge in [0.2, 0.25) is 0 Å². The van der Waals surface area contributed by atoms with Gasteiger partial charge in [0.05, 0.1) is 18.5 Å². The number of allylic oxidation sites excluding steroid dienone is 2. The summed E-state index contributed by atoms with van der Waals surface area (Å²) in [5, 5.41) is 9.42. The zero-order chi connectivity index (χ0) is 9.80. The van der Waals surface area contributed by atoms with Crippen molar-refractivity contribution in [1.82, 2.24) is 0 Å². The van der Waals surface area contributed by atoms with E-state index in [2.05, 4.69) is 6.08 Å². The molecule has 2 rings (SSSR count). The molecule has 2 aliphatic rings. The van der Waals surface area contributed by atoms with E-state index >= 15 is 0 Å². The Labute approximate surface area is 86.0 Å². The van der Waals surface area contributed by atoms with Crippen molar-refractivity contribution in [3.63, 3.8) is 0 Å². The standard InChI is InChI=1S/C12H20O2/c13-11-7-5-10(6-8-11)12-4-2-1-3-9-14-12/h4,10-11,13H,1-3,5-9H2. The zero-order valence-corrected chi connectivity index (χ0v) is 8.74. The lowest BCUT2D eigenvalue weighted by Gasteiger charge is -2.27. The maximum absolute atomic E-state index is 9.42. The monoisotopic (exact) mass is 196 g/mol. The second-order valence-corrected chi connectivity index (χ2v) is 4.46. The highest BCUT2D eigenvalue weighted by Crippen LogP contribution is 2.31. The molecular weight excluding hydrogens is 176 g/mol. The van der Waals surface area contributed by atoms with Crippen molar-refractivity contribution in [1.29, 1.82) is 0 Å². The van der Waals surface area contributed by atoms with Gasteiger partial charge in [-0.1, -0.05) is 0 Å². The topological polar surface area (TPSA) is 29.5 Å². The minimum absolute atomic E-state index is 0.0578. The van der Waals surface area contributed by atoms with Crippen LogP contribution in [0, 0.1) is 5.92 Å². The van der Waals surface area contributed by atoms with Gasteiger partial charge in [-0.15, -0.1) is 0 Å². The molecule has 1 saturated carbocycles. The van der Waals surface area contributed by atoms with Gasteiger partial charge in [-0.3, -0.25) is 0 Å². The van der Waals surface area contributed by atoms with Crippen molar-refractivity contribution in [3.05, 3.63) is 11.8 Å². The highest BCUT2D eigenvalue weighted by Gasteiger charge is 2.23. The van der Waals surface area contributed by atoms with E-state index < -0.39 is 0 Å². The molecule has 0 saturated heterocycles. The molecular formula is C12H20O2. The van der Waals surface area contributed by atoms with Crippen molar-refractivity contribution >= 4 is 0 Å². The van der Waals surface area contributed by atoms with Crippen LogP contribution in [0.2, 0.25) is 0 Å². The minimum atomic E-state index is -0.0578. The lowest BCUT2D eigenvalue weighted by atomic mass is 9.86. The van der Waals surface area contributed by atoms with Crippen LogP contribution in [0.3, 0.4) is 0 Å². The minimum Gasteiger partial charge on any atom is -0.498 e. The number of ether oxygens (including phenoxy) is 1. The van der Waals surface area contributed by atoms with Crippen LogP contribution in [0.25, 0.3) is 0 Å². The molecule has 14 heavy (non-hydrogen) atoms. The fourth-order valence-corrected chi connectivity index (χ4v) is 2.38. The molecule has 1 fully saturated rings. The Morgan fingerprint density at radius 2 is 1.93 bits per heavy atom. The van der Waals surface area contributed by atoms with Crippen molar-refractivity contribution < 1.29 is 9.84 Å². The van der Waals surface area contributed by atoms with Crippen molar-refractivity contribution in [3.8, 4) is 0 Å². The number of hydrogen-bond acceptors (Lipinski definition) is 2. The van der Waals surface area contributed by atoms with Gasteiger partial charge in [0.15, 0.2) is 0 Å². The van der Waals surface area contributed by atoms with Crippen LogP contribution < -0.4 is 0 Å². The van der Waals surface area contributed by atoms with Crippen LogP contribution in [-0.4, -0.2) is 17.8 Å². The van der Waals surface area contributed by atoms with Crippen LogP contribution >= 0.6 is 0 Å². The summed E-state index contributed by atoms with van der Waals surface area (Å²) in [6.07, 6.45) is 9.95. The molecule has 0 radical (unpaired) electrons. The molecule has 0 spiro atoms. The number of aliphatic hydroxyl groups is 1. The molecule has 1 N–H and O–H groups in total. The first-order valence-electron chi connectivity index (χ1n) is 5.87. The molecule has 0 aromatic rings. The van der Waals surface area contributed by atoms with Crippen LogP contribution in [0.5, 0.6) is 0 Å². The van der Waals surface area contributed by atoms with Gasteiger partial charge in [-0.2, -0.15) is 0 Å². The normalized spacial score (nSPS) is 34.2. The number of aliphatic hydroxyl groups excluding tert-OH is 1. The molecule has 1 heterocycles. The Bertz CT molecular complexity index is 202. The highest BCUT2D eigenvalue weighted by atomic mass is 16.5.